The SMILES string of the molecule is CNC(=O)c1ccc(N2CCN(Cc3cc4n5c(ccc5c3)C(C)C(=O)N4)CC2)c(F)n1. The summed E-state index contributed by atoms with van der Waals surface area (Å²) in [6.07, 6.45) is 0. The van der Waals surface area contributed by atoms with E-state index < -0.39 is 11.9 Å². The zero-order chi connectivity index (χ0) is 22.4. The van der Waals surface area contributed by atoms with Crippen molar-refractivity contribution in [1.29, 1.82) is 0 Å². The molecule has 0 aliphatic carbocycles. The number of rotatable bonds is 4. The average Bonchev–Trinajstić information content (AvgIpc) is 3.22. The fraction of sp³-hybridized carbons (Fsp3) is 0.348. The number of aromatic nitrogens is 2. The number of anilines is 2. The van der Waals surface area contributed by atoms with E-state index >= 15 is 0 Å². The van der Waals surface area contributed by atoms with Gasteiger partial charge in [-0.1, -0.05) is 0 Å². The van der Waals surface area contributed by atoms with E-state index in [2.05, 4.69) is 37.1 Å². The summed E-state index contributed by atoms with van der Waals surface area (Å²) in [5.74, 6) is -0.371. The highest BCUT2D eigenvalue weighted by Gasteiger charge is 2.26. The van der Waals surface area contributed by atoms with Crippen molar-refractivity contribution in [3.05, 3.63) is 59.3 Å². The lowest BCUT2D eigenvalue weighted by atomic mass is 10.1. The second-order valence-corrected chi connectivity index (χ2v) is 8.33. The number of carbonyl (C=O) groups is 2. The molecule has 1 fully saturated rings. The van der Waals surface area contributed by atoms with E-state index in [1.54, 1.807) is 12.1 Å². The normalized spacial score (nSPS) is 18.7. The fourth-order valence-corrected chi connectivity index (χ4v) is 4.54. The standard InChI is InChI=1S/C23H25FN6O2/c1-14-18-5-3-16-11-15(12-20(30(16)18)27-22(14)31)13-28-7-9-29(10-8-28)19-6-4-17(23(32)25-2)26-21(19)24/h3-6,11-12,14H,7-10,13H2,1-2H3,(H,25,32)(H,27,31). The largest absolute Gasteiger partial charge is 0.365 e. The van der Waals surface area contributed by atoms with Crippen LogP contribution < -0.4 is 15.5 Å². The van der Waals surface area contributed by atoms with Crippen LogP contribution in [0.2, 0.25) is 0 Å². The number of nitrogens with zero attached hydrogens (tertiary/aromatic N) is 4. The number of halogens is 1. The summed E-state index contributed by atoms with van der Waals surface area (Å²) in [6.45, 7) is 5.53. The van der Waals surface area contributed by atoms with Crippen molar-refractivity contribution in [2.45, 2.75) is 19.4 Å². The molecule has 2 N–H and O–H groups in total. The van der Waals surface area contributed by atoms with Gasteiger partial charge in [0.2, 0.25) is 11.9 Å². The minimum Gasteiger partial charge on any atom is -0.365 e. The van der Waals surface area contributed by atoms with Crippen molar-refractivity contribution in [2.24, 2.45) is 0 Å². The number of carbonyl (C=O) groups excluding carboxylic acids is 2. The first-order valence-corrected chi connectivity index (χ1v) is 10.8. The molecule has 0 spiro atoms. The van der Waals surface area contributed by atoms with Gasteiger partial charge in [0.15, 0.2) is 0 Å². The van der Waals surface area contributed by atoms with Gasteiger partial charge in [0.05, 0.1) is 11.6 Å². The summed E-state index contributed by atoms with van der Waals surface area (Å²) >= 11 is 0. The summed E-state index contributed by atoms with van der Waals surface area (Å²) < 4.78 is 16.6. The van der Waals surface area contributed by atoms with Gasteiger partial charge in [-0.25, -0.2) is 4.98 Å². The Bertz CT molecular complexity index is 1210. The van der Waals surface area contributed by atoms with Crippen LogP contribution in [0.1, 0.15) is 34.6 Å². The van der Waals surface area contributed by atoms with E-state index in [1.165, 1.54) is 7.05 Å². The van der Waals surface area contributed by atoms with E-state index in [9.17, 15) is 14.0 Å². The minimum atomic E-state index is -0.627. The van der Waals surface area contributed by atoms with Gasteiger partial charge in [0.25, 0.3) is 5.91 Å². The first-order valence-electron chi connectivity index (χ1n) is 10.8. The van der Waals surface area contributed by atoms with E-state index in [4.69, 9.17) is 0 Å². The highest BCUT2D eigenvalue weighted by molar-refractivity contribution is 5.97. The molecule has 5 heterocycles. The third-order valence-electron chi connectivity index (χ3n) is 6.33. The molecule has 3 aromatic heterocycles. The Morgan fingerprint density at radius 2 is 1.97 bits per heavy atom. The van der Waals surface area contributed by atoms with Gasteiger partial charge in [0.1, 0.15) is 11.5 Å². The Morgan fingerprint density at radius 3 is 2.69 bits per heavy atom. The monoisotopic (exact) mass is 436 g/mol. The van der Waals surface area contributed by atoms with Crippen LogP contribution in [0.5, 0.6) is 0 Å². The maximum absolute atomic E-state index is 14.5. The Balaban J connectivity index is 1.27. The first kappa shape index (κ1) is 20.4. The quantitative estimate of drug-likeness (QED) is 0.613. The molecule has 1 atom stereocenters. The zero-order valence-electron chi connectivity index (χ0n) is 18.1. The lowest BCUT2D eigenvalue weighted by Crippen LogP contribution is -2.46. The molecule has 9 heteroatoms. The van der Waals surface area contributed by atoms with Crippen LogP contribution in [-0.2, 0) is 11.3 Å². The van der Waals surface area contributed by atoms with Gasteiger partial charge in [0, 0.05) is 51.0 Å². The molecular weight excluding hydrogens is 411 g/mol. The molecule has 1 unspecified atom stereocenters. The number of piperazine rings is 1. The predicted octanol–water partition coefficient (Wildman–Crippen LogP) is 2.21. The minimum absolute atomic E-state index is 0.0151. The number of amides is 2. The topological polar surface area (TPSA) is 82.0 Å². The van der Waals surface area contributed by atoms with E-state index in [-0.39, 0.29) is 17.5 Å². The zero-order valence-corrected chi connectivity index (χ0v) is 18.1. The molecule has 2 aliphatic rings. The van der Waals surface area contributed by atoms with Crippen molar-refractivity contribution in [1.82, 2.24) is 19.6 Å². The van der Waals surface area contributed by atoms with Crippen molar-refractivity contribution in [2.75, 3.05) is 43.4 Å². The van der Waals surface area contributed by atoms with Crippen LogP contribution in [0, 0.1) is 5.95 Å². The van der Waals surface area contributed by atoms with Crippen LogP contribution in [-0.4, -0.2) is 59.3 Å². The molecule has 0 bridgehead atoms. The lowest BCUT2D eigenvalue weighted by molar-refractivity contribution is -0.117. The third-order valence-corrected chi connectivity index (χ3v) is 6.33. The number of hydrogen-bond donors (Lipinski definition) is 2. The van der Waals surface area contributed by atoms with E-state index in [1.807, 2.05) is 24.0 Å². The van der Waals surface area contributed by atoms with Gasteiger partial charge in [-0.3, -0.25) is 18.9 Å². The summed E-state index contributed by atoms with van der Waals surface area (Å²) in [5.41, 5.74) is 3.70. The molecule has 0 radical (unpaired) electrons. The van der Waals surface area contributed by atoms with Crippen molar-refractivity contribution in [3.8, 4) is 0 Å². The smallest absolute Gasteiger partial charge is 0.269 e. The highest BCUT2D eigenvalue weighted by atomic mass is 19.1. The summed E-state index contributed by atoms with van der Waals surface area (Å²) in [4.78, 5) is 32.0. The molecule has 3 aromatic rings. The molecule has 5 rings (SSSR count). The average molecular weight is 436 g/mol. The molecule has 32 heavy (non-hydrogen) atoms. The van der Waals surface area contributed by atoms with Gasteiger partial charge >= 0.3 is 0 Å². The maximum atomic E-state index is 14.5. The highest BCUT2D eigenvalue weighted by Crippen LogP contribution is 2.30. The molecule has 1 saturated heterocycles. The molecule has 0 saturated carbocycles. The molecule has 8 nitrogen and oxygen atoms in total. The molecular formula is C23H25FN6O2. The lowest BCUT2D eigenvalue weighted by Gasteiger charge is -2.36. The molecule has 166 valence electrons. The van der Waals surface area contributed by atoms with Crippen molar-refractivity contribution in [3.63, 3.8) is 0 Å². The van der Waals surface area contributed by atoms with Crippen LogP contribution >= 0.6 is 0 Å². The summed E-state index contributed by atoms with van der Waals surface area (Å²) in [7, 11) is 1.49. The summed E-state index contributed by atoms with van der Waals surface area (Å²) in [6, 6.07) is 11.4. The number of hydrogen-bond acceptors (Lipinski definition) is 5. The predicted molar refractivity (Wildman–Crippen MR) is 120 cm³/mol. The Labute approximate surface area is 185 Å². The first-order chi connectivity index (χ1) is 15.4. The van der Waals surface area contributed by atoms with Crippen LogP contribution in [0.4, 0.5) is 15.9 Å². The molecule has 0 aromatic carbocycles. The van der Waals surface area contributed by atoms with Gasteiger partial charge in [-0.15, -0.1) is 0 Å². The number of pyridine rings is 2. The summed E-state index contributed by atoms with van der Waals surface area (Å²) in [5, 5.41) is 5.46. The fourth-order valence-electron chi connectivity index (χ4n) is 4.54. The van der Waals surface area contributed by atoms with E-state index in [0.29, 0.717) is 18.8 Å². The van der Waals surface area contributed by atoms with Crippen LogP contribution in [0.3, 0.4) is 0 Å². The Kier molecular flexibility index (Phi) is 5.05. The maximum Gasteiger partial charge on any atom is 0.269 e. The second-order valence-electron chi connectivity index (χ2n) is 8.33. The van der Waals surface area contributed by atoms with Crippen LogP contribution in [0.25, 0.3) is 5.52 Å². The molecule has 2 aliphatic heterocycles. The Hall–Kier alpha value is -3.46. The van der Waals surface area contributed by atoms with Gasteiger partial charge in [-0.05, 0) is 48.9 Å². The van der Waals surface area contributed by atoms with Crippen molar-refractivity contribution >= 4 is 28.8 Å². The Morgan fingerprint density at radius 1 is 1.19 bits per heavy atom. The van der Waals surface area contributed by atoms with Gasteiger partial charge < -0.3 is 15.5 Å². The van der Waals surface area contributed by atoms with Crippen LogP contribution in [0.15, 0.2) is 36.4 Å². The molecule has 2 amide bonds. The third kappa shape index (κ3) is 3.48. The van der Waals surface area contributed by atoms with Gasteiger partial charge in [-0.2, -0.15) is 4.39 Å². The van der Waals surface area contributed by atoms with Crippen molar-refractivity contribution < 1.29 is 14.0 Å². The van der Waals surface area contributed by atoms with E-state index in [0.717, 1.165) is 42.2 Å². The second kappa shape index (κ2) is 7.90. The number of nitrogens with one attached hydrogen (secondary N) is 2.